The van der Waals surface area contributed by atoms with Crippen molar-refractivity contribution in [2.45, 2.75) is 54.2 Å². The summed E-state index contributed by atoms with van der Waals surface area (Å²) in [5.74, 6) is -1.20. The molecule has 138 valence electrons. The normalized spacial score (nSPS) is 19.0. The van der Waals surface area contributed by atoms with Gasteiger partial charge in [-0.25, -0.2) is 13.2 Å². The van der Waals surface area contributed by atoms with Gasteiger partial charge in [0.25, 0.3) is 0 Å². The lowest BCUT2D eigenvalue weighted by molar-refractivity contribution is -0.147. The number of benzene rings is 1. The van der Waals surface area contributed by atoms with E-state index >= 15 is 0 Å². The maximum atomic E-state index is 12.6. The first-order valence-electron chi connectivity index (χ1n) is 8.29. The Hall–Kier alpha value is -1.54. The van der Waals surface area contributed by atoms with Gasteiger partial charge in [0, 0.05) is 11.4 Å². The molecule has 0 bridgehead atoms. The monoisotopic (exact) mass is 385 g/mol. The second kappa shape index (κ2) is 8.23. The molecule has 8 heteroatoms. The fraction of sp³-hybridized carbons (Fsp3) is 0.529. The molecule has 6 nitrogen and oxygen atoms in total. The van der Waals surface area contributed by atoms with Crippen LogP contribution < -0.4 is 0 Å². The van der Waals surface area contributed by atoms with Crippen molar-refractivity contribution in [1.82, 2.24) is 4.90 Å². The first-order valence-corrected chi connectivity index (χ1v) is 10.8. The lowest BCUT2D eigenvalue weighted by atomic mass is 10.2. The molecule has 1 aromatic carbocycles. The van der Waals surface area contributed by atoms with Gasteiger partial charge in [0.15, 0.2) is 9.84 Å². The number of amides is 1. The van der Waals surface area contributed by atoms with Crippen molar-refractivity contribution in [3.05, 3.63) is 24.3 Å². The van der Waals surface area contributed by atoms with Crippen molar-refractivity contribution >= 4 is 33.5 Å². The van der Waals surface area contributed by atoms with Crippen LogP contribution in [0.25, 0.3) is 0 Å². The molecule has 0 aromatic heterocycles. The van der Waals surface area contributed by atoms with E-state index in [0.717, 1.165) is 0 Å². The molecular weight excluding hydrogens is 362 g/mol. The average molecular weight is 386 g/mol. The molecule has 1 heterocycles. The van der Waals surface area contributed by atoms with E-state index in [9.17, 15) is 23.1 Å². The van der Waals surface area contributed by atoms with Gasteiger partial charge < -0.3 is 10.0 Å². The van der Waals surface area contributed by atoms with Crippen LogP contribution in [0.4, 0.5) is 0 Å². The molecule has 2 atom stereocenters. The van der Waals surface area contributed by atoms with Crippen LogP contribution in [0.2, 0.25) is 0 Å². The summed E-state index contributed by atoms with van der Waals surface area (Å²) in [6.45, 7) is 3.92. The van der Waals surface area contributed by atoms with Crippen LogP contribution in [-0.2, 0) is 19.4 Å². The number of hydrogen-bond acceptors (Lipinski definition) is 5. The Morgan fingerprint density at radius 1 is 1.36 bits per heavy atom. The predicted octanol–water partition coefficient (Wildman–Crippen LogP) is 2.43. The van der Waals surface area contributed by atoms with E-state index in [1.165, 1.54) is 16.7 Å². The number of likely N-dealkylation sites (tertiary alicyclic amines) is 1. The molecule has 1 N–H and O–H groups in total. The molecule has 2 rings (SSSR count). The van der Waals surface area contributed by atoms with Crippen molar-refractivity contribution in [2.75, 3.05) is 12.3 Å². The summed E-state index contributed by atoms with van der Waals surface area (Å²) < 4.78 is 24.8. The first kappa shape index (κ1) is 19.8. The van der Waals surface area contributed by atoms with Gasteiger partial charge in [0.1, 0.15) is 6.04 Å². The van der Waals surface area contributed by atoms with Crippen molar-refractivity contribution in [1.29, 1.82) is 0 Å². The van der Waals surface area contributed by atoms with Crippen molar-refractivity contribution in [2.24, 2.45) is 0 Å². The maximum absolute atomic E-state index is 12.6. The summed E-state index contributed by atoms with van der Waals surface area (Å²) in [5, 5.41) is 8.68. The number of carbonyl (C=O) groups excluding carboxylic acids is 1. The number of sulfone groups is 1. The van der Waals surface area contributed by atoms with Crippen LogP contribution in [0.3, 0.4) is 0 Å². The minimum atomic E-state index is -3.40. The van der Waals surface area contributed by atoms with Crippen molar-refractivity contribution in [3.63, 3.8) is 0 Å². The highest BCUT2D eigenvalue weighted by atomic mass is 32.2. The second-order valence-electron chi connectivity index (χ2n) is 6.05. The Balaban J connectivity index is 2.20. The van der Waals surface area contributed by atoms with Gasteiger partial charge >= 0.3 is 5.97 Å². The summed E-state index contributed by atoms with van der Waals surface area (Å²) in [6.07, 6.45) is 1.64. The Morgan fingerprint density at radius 3 is 2.68 bits per heavy atom. The van der Waals surface area contributed by atoms with Crippen LogP contribution in [0.1, 0.15) is 33.1 Å². The number of carboxylic acids is 1. The highest BCUT2D eigenvalue weighted by Crippen LogP contribution is 2.32. The fourth-order valence-electron chi connectivity index (χ4n) is 2.94. The van der Waals surface area contributed by atoms with E-state index in [1.54, 1.807) is 38.1 Å². The van der Waals surface area contributed by atoms with Gasteiger partial charge in [-0.15, -0.1) is 11.8 Å². The largest absolute Gasteiger partial charge is 0.480 e. The second-order valence-corrected chi connectivity index (χ2v) is 9.51. The van der Waals surface area contributed by atoms with Gasteiger partial charge in [0.2, 0.25) is 5.91 Å². The molecular formula is C17H23NO5S2. The zero-order valence-corrected chi connectivity index (χ0v) is 16.0. The molecule has 1 aromatic rings. The number of rotatable bonds is 7. The van der Waals surface area contributed by atoms with E-state index in [4.69, 9.17) is 0 Å². The van der Waals surface area contributed by atoms with Gasteiger partial charge in [-0.2, -0.15) is 0 Å². The maximum Gasteiger partial charge on any atom is 0.326 e. The number of aliphatic carboxylic acids is 1. The zero-order chi connectivity index (χ0) is 18.6. The van der Waals surface area contributed by atoms with E-state index in [1.807, 2.05) is 0 Å². The van der Waals surface area contributed by atoms with Crippen molar-refractivity contribution in [3.8, 4) is 0 Å². The fourth-order valence-corrected chi connectivity index (χ4v) is 5.85. The zero-order valence-electron chi connectivity index (χ0n) is 14.3. The molecule has 1 fully saturated rings. The number of thioether (sulfide) groups is 1. The third kappa shape index (κ3) is 4.55. The van der Waals surface area contributed by atoms with E-state index in [0.29, 0.717) is 30.7 Å². The summed E-state index contributed by atoms with van der Waals surface area (Å²) in [4.78, 5) is 26.1. The van der Waals surface area contributed by atoms with Crippen LogP contribution in [0.5, 0.6) is 0 Å². The summed E-state index contributed by atoms with van der Waals surface area (Å²) in [7, 11) is -3.40. The molecule has 25 heavy (non-hydrogen) atoms. The Labute approximate surface area is 152 Å². The molecule has 1 saturated heterocycles. The van der Waals surface area contributed by atoms with E-state index in [2.05, 4.69) is 0 Å². The molecule has 1 amide bonds. The minimum Gasteiger partial charge on any atom is -0.480 e. The summed E-state index contributed by atoms with van der Waals surface area (Å²) in [6, 6.07) is 5.87. The Kier molecular flexibility index (Phi) is 6.51. The smallest absolute Gasteiger partial charge is 0.326 e. The van der Waals surface area contributed by atoms with Crippen LogP contribution in [0, 0.1) is 0 Å². The van der Waals surface area contributed by atoms with Crippen molar-refractivity contribution < 1.29 is 23.1 Å². The lowest BCUT2D eigenvalue weighted by Gasteiger charge is -2.25. The van der Waals surface area contributed by atoms with E-state index < -0.39 is 27.1 Å². The quantitative estimate of drug-likeness (QED) is 0.725. The third-order valence-corrected chi connectivity index (χ3v) is 7.40. The molecule has 0 radical (unpaired) electrons. The average Bonchev–Trinajstić information content (AvgIpc) is 3.04. The van der Waals surface area contributed by atoms with E-state index in [-0.39, 0.29) is 16.6 Å². The van der Waals surface area contributed by atoms with Gasteiger partial charge in [-0.1, -0.05) is 19.1 Å². The minimum absolute atomic E-state index is 0.0557. The molecule has 0 spiro atoms. The highest BCUT2D eigenvalue weighted by molar-refractivity contribution is 8.01. The van der Waals surface area contributed by atoms with Gasteiger partial charge in [-0.3, -0.25) is 4.79 Å². The molecule has 1 aliphatic heterocycles. The topological polar surface area (TPSA) is 91.8 Å². The first-order chi connectivity index (χ1) is 11.8. The Bertz CT molecular complexity index is 747. The molecule has 1 aliphatic rings. The SMILES string of the molecule is CCCS(=O)(=O)c1ccccc1SC(C)C(=O)N1CCC[C@H]1C(=O)O. The summed E-state index contributed by atoms with van der Waals surface area (Å²) >= 11 is 1.17. The standard InChI is InChI=1S/C17H23NO5S2/c1-3-11-25(22,23)15-9-5-4-8-14(15)24-12(2)16(19)18-10-6-7-13(18)17(20)21/h4-5,8-9,12-13H,3,6-7,10-11H2,1-2H3,(H,20,21)/t12?,13-/m0/s1. The highest BCUT2D eigenvalue weighted by Gasteiger charge is 2.36. The predicted molar refractivity (Wildman–Crippen MR) is 96.5 cm³/mol. The molecule has 1 unspecified atom stereocenters. The van der Waals surface area contributed by atoms with Gasteiger partial charge in [-0.05, 0) is 38.3 Å². The summed E-state index contributed by atoms with van der Waals surface area (Å²) in [5.41, 5.74) is 0. The van der Waals surface area contributed by atoms with Gasteiger partial charge in [0.05, 0.1) is 15.9 Å². The Morgan fingerprint density at radius 2 is 2.04 bits per heavy atom. The molecule has 0 aliphatic carbocycles. The molecule has 0 saturated carbocycles. The van der Waals surface area contributed by atoms with Crippen LogP contribution in [-0.4, -0.2) is 53.9 Å². The lowest BCUT2D eigenvalue weighted by Crippen LogP contribution is -2.43. The number of hydrogen-bond donors (Lipinski definition) is 1. The van der Waals surface area contributed by atoms with Crippen LogP contribution >= 0.6 is 11.8 Å². The number of nitrogens with zero attached hydrogens (tertiary/aromatic N) is 1. The number of carbonyl (C=O) groups is 2. The number of carboxylic acid groups (broad SMARTS) is 1. The third-order valence-electron chi connectivity index (χ3n) is 4.13. The van der Waals surface area contributed by atoms with Crippen LogP contribution in [0.15, 0.2) is 34.1 Å².